The second-order valence-corrected chi connectivity index (χ2v) is 9.88. The quantitative estimate of drug-likeness (QED) is 0.277. The summed E-state index contributed by atoms with van der Waals surface area (Å²) < 4.78 is 5.37. The Bertz CT molecular complexity index is 1550. The highest BCUT2D eigenvalue weighted by molar-refractivity contribution is 6.37. The smallest absolute Gasteiger partial charge is 0.267 e. The van der Waals surface area contributed by atoms with E-state index in [1.54, 1.807) is 7.11 Å². The van der Waals surface area contributed by atoms with Crippen LogP contribution in [-0.4, -0.2) is 24.5 Å². The van der Waals surface area contributed by atoms with Gasteiger partial charge in [-0.1, -0.05) is 91.0 Å². The lowest BCUT2D eigenvalue weighted by molar-refractivity contribution is -0.134. The van der Waals surface area contributed by atoms with Gasteiger partial charge in [0.2, 0.25) is 0 Å². The van der Waals surface area contributed by atoms with Crippen LogP contribution in [0.15, 0.2) is 126 Å². The Balaban J connectivity index is 1.56. The van der Waals surface area contributed by atoms with Crippen molar-refractivity contribution >= 4 is 29.2 Å². The largest absolute Gasteiger partial charge is 0.497 e. The highest BCUT2D eigenvalue weighted by Crippen LogP contribution is 2.55. The standard InChI is InChI=1S/C34H28N2O3/c1-39-28-20-18-26(19-21-28)32-34(33(38)36(35-32)27-15-9-4-10-16-27)30(22-17-24-11-5-2-6-12-24)29(23-31(34)37)25-13-7-3-8-14-25/h2-22,29-30H,23H2,1H3/b22-17+. The number of ketones is 1. The molecule has 3 atom stereocenters. The molecule has 0 N–H and O–H groups in total. The molecule has 6 rings (SSSR count). The van der Waals surface area contributed by atoms with Crippen molar-refractivity contribution in [1.82, 2.24) is 0 Å². The fourth-order valence-corrected chi connectivity index (χ4v) is 5.88. The Morgan fingerprint density at radius 1 is 0.821 bits per heavy atom. The third-order valence-electron chi connectivity index (χ3n) is 7.77. The zero-order valence-electron chi connectivity index (χ0n) is 21.6. The molecule has 1 saturated carbocycles. The van der Waals surface area contributed by atoms with Gasteiger partial charge in [0, 0.05) is 12.3 Å². The molecule has 0 bridgehead atoms. The van der Waals surface area contributed by atoms with Crippen LogP contribution >= 0.6 is 0 Å². The molecule has 3 unspecified atom stereocenters. The maximum atomic E-state index is 14.6. The number of hydrogen-bond acceptors (Lipinski definition) is 4. The molecule has 1 aliphatic carbocycles. The number of Topliss-reactive ketones (excluding diaryl/α,β-unsaturated/α-hetero) is 1. The van der Waals surface area contributed by atoms with Crippen LogP contribution in [-0.2, 0) is 9.59 Å². The van der Waals surface area contributed by atoms with Crippen molar-refractivity contribution in [2.24, 2.45) is 16.4 Å². The molecule has 4 aromatic rings. The number of carbonyl (C=O) groups excluding carboxylic acids is 2. The first-order valence-electron chi connectivity index (χ1n) is 13.1. The van der Waals surface area contributed by atoms with E-state index >= 15 is 0 Å². The average Bonchev–Trinajstić information content (AvgIpc) is 3.47. The van der Waals surface area contributed by atoms with Crippen molar-refractivity contribution in [1.29, 1.82) is 0 Å². The molecule has 1 amide bonds. The molecule has 0 aromatic heterocycles. The van der Waals surface area contributed by atoms with Gasteiger partial charge in [-0.15, -0.1) is 0 Å². The summed E-state index contributed by atoms with van der Waals surface area (Å²) in [5, 5.41) is 6.30. The summed E-state index contributed by atoms with van der Waals surface area (Å²) >= 11 is 0. The molecule has 4 aromatic carbocycles. The number of nitrogens with zero attached hydrogens (tertiary/aromatic N) is 2. The van der Waals surface area contributed by atoms with E-state index in [4.69, 9.17) is 9.84 Å². The van der Waals surface area contributed by atoms with Crippen LogP contribution < -0.4 is 9.75 Å². The Morgan fingerprint density at radius 2 is 1.44 bits per heavy atom. The highest BCUT2D eigenvalue weighted by atomic mass is 16.5. The maximum Gasteiger partial charge on any atom is 0.267 e. The van der Waals surface area contributed by atoms with Gasteiger partial charge >= 0.3 is 0 Å². The average molecular weight is 513 g/mol. The molecule has 1 spiro atoms. The Labute approximate surface area is 228 Å². The molecular formula is C34H28N2O3. The fourth-order valence-electron chi connectivity index (χ4n) is 5.88. The summed E-state index contributed by atoms with van der Waals surface area (Å²) in [5.74, 6) is -0.350. The van der Waals surface area contributed by atoms with E-state index in [0.717, 1.165) is 16.7 Å². The van der Waals surface area contributed by atoms with Crippen molar-refractivity contribution < 1.29 is 14.3 Å². The number of benzene rings is 4. The highest BCUT2D eigenvalue weighted by Gasteiger charge is 2.66. The number of methoxy groups -OCH3 is 1. The second-order valence-electron chi connectivity index (χ2n) is 9.88. The molecule has 1 heterocycles. The topological polar surface area (TPSA) is 59.0 Å². The number of amides is 1. The van der Waals surface area contributed by atoms with Crippen molar-refractivity contribution in [3.63, 3.8) is 0 Å². The molecule has 1 aliphatic heterocycles. The number of para-hydroxylation sites is 1. The molecule has 2 aliphatic rings. The number of carbonyl (C=O) groups is 2. The van der Waals surface area contributed by atoms with Crippen LogP contribution in [0.4, 0.5) is 5.69 Å². The van der Waals surface area contributed by atoms with E-state index in [1.165, 1.54) is 5.01 Å². The first-order chi connectivity index (χ1) is 19.1. The van der Waals surface area contributed by atoms with Crippen LogP contribution in [0.5, 0.6) is 5.75 Å². The van der Waals surface area contributed by atoms with Crippen LogP contribution in [0.25, 0.3) is 6.08 Å². The van der Waals surface area contributed by atoms with Gasteiger partial charge in [0.15, 0.2) is 11.2 Å². The number of ether oxygens (including phenoxy) is 1. The van der Waals surface area contributed by atoms with E-state index in [1.807, 2.05) is 127 Å². The number of allylic oxidation sites excluding steroid dienone is 1. The predicted molar refractivity (Wildman–Crippen MR) is 154 cm³/mol. The number of hydrogen-bond donors (Lipinski definition) is 0. The summed E-state index contributed by atoms with van der Waals surface area (Å²) in [6.07, 6.45) is 4.31. The molecule has 5 nitrogen and oxygen atoms in total. The van der Waals surface area contributed by atoms with Crippen LogP contribution in [0.2, 0.25) is 0 Å². The Hall–Kier alpha value is -4.77. The van der Waals surface area contributed by atoms with Crippen molar-refractivity contribution in [2.45, 2.75) is 12.3 Å². The van der Waals surface area contributed by atoms with Crippen LogP contribution in [0, 0.1) is 11.3 Å². The van der Waals surface area contributed by atoms with Gasteiger partial charge in [0.1, 0.15) is 5.75 Å². The molecule has 39 heavy (non-hydrogen) atoms. The van der Waals surface area contributed by atoms with Crippen molar-refractivity contribution in [3.8, 4) is 5.75 Å². The zero-order valence-corrected chi connectivity index (χ0v) is 21.6. The minimum absolute atomic E-state index is 0.114. The van der Waals surface area contributed by atoms with Gasteiger partial charge in [0.05, 0.1) is 18.5 Å². The molecule has 1 fully saturated rings. The lowest BCUT2D eigenvalue weighted by atomic mass is 9.68. The minimum atomic E-state index is -1.46. The molecule has 192 valence electrons. The number of anilines is 1. The van der Waals surface area contributed by atoms with Crippen molar-refractivity contribution in [3.05, 3.63) is 138 Å². The zero-order chi connectivity index (χ0) is 26.8. The third-order valence-corrected chi connectivity index (χ3v) is 7.77. The van der Waals surface area contributed by atoms with Gasteiger partial charge in [-0.05, 0) is 59.0 Å². The monoisotopic (exact) mass is 512 g/mol. The van der Waals surface area contributed by atoms with Gasteiger partial charge < -0.3 is 4.74 Å². The third kappa shape index (κ3) is 4.16. The lowest BCUT2D eigenvalue weighted by Crippen LogP contribution is -2.48. The van der Waals surface area contributed by atoms with E-state index in [-0.39, 0.29) is 24.0 Å². The van der Waals surface area contributed by atoms with Gasteiger partial charge in [0.25, 0.3) is 5.91 Å². The normalized spacial score (nSPS) is 22.6. The maximum absolute atomic E-state index is 14.6. The van der Waals surface area contributed by atoms with E-state index in [9.17, 15) is 9.59 Å². The van der Waals surface area contributed by atoms with E-state index in [2.05, 4.69) is 0 Å². The Kier molecular flexibility index (Phi) is 6.41. The molecular weight excluding hydrogens is 484 g/mol. The fraction of sp³-hybridized carbons (Fsp3) is 0.147. The molecule has 0 saturated heterocycles. The SMILES string of the molecule is COc1ccc(C2=NN(c3ccccc3)C(=O)C23C(=O)CC(c2ccccc2)C3/C=C/c2ccccc2)cc1. The number of rotatable bonds is 6. The van der Waals surface area contributed by atoms with E-state index < -0.39 is 11.3 Å². The van der Waals surface area contributed by atoms with Gasteiger partial charge in [-0.25, -0.2) is 0 Å². The minimum Gasteiger partial charge on any atom is -0.497 e. The van der Waals surface area contributed by atoms with Crippen LogP contribution in [0.1, 0.15) is 29.0 Å². The number of hydrazone groups is 1. The first kappa shape index (κ1) is 24.6. The molecule has 0 radical (unpaired) electrons. The summed E-state index contributed by atoms with van der Waals surface area (Å²) in [7, 11) is 1.61. The van der Waals surface area contributed by atoms with Crippen LogP contribution in [0.3, 0.4) is 0 Å². The first-order valence-corrected chi connectivity index (χ1v) is 13.1. The lowest BCUT2D eigenvalue weighted by Gasteiger charge is -2.30. The van der Waals surface area contributed by atoms with Crippen molar-refractivity contribution in [2.75, 3.05) is 12.1 Å². The Morgan fingerprint density at radius 3 is 2.08 bits per heavy atom. The summed E-state index contributed by atoms with van der Waals surface area (Å²) in [5.41, 5.74) is 2.41. The summed E-state index contributed by atoms with van der Waals surface area (Å²) in [4.78, 5) is 28.9. The molecule has 5 heteroatoms. The van der Waals surface area contributed by atoms with Gasteiger partial charge in [-0.3, -0.25) is 9.59 Å². The van der Waals surface area contributed by atoms with E-state index in [0.29, 0.717) is 17.1 Å². The summed E-state index contributed by atoms with van der Waals surface area (Å²) in [6, 6.07) is 36.7. The summed E-state index contributed by atoms with van der Waals surface area (Å²) in [6.45, 7) is 0. The second kappa shape index (κ2) is 10.2. The van der Waals surface area contributed by atoms with Gasteiger partial charge in [-0.2, -0.15) is 10.1 Å². The predicted octanol–water partition coefficient (Wildman–Crippen LogP) is 6.52.